The molecule has 28 heavy (non-hydrogen) atoms. The predicted octanol–water partition coefficient (Wildman–Crippen LogP) is 1.42. The average molecular weight is 406 g/mol. The lowest BCUT2D eigenvalue weighted by Gasteiger charge is -2.35. The van der Waals surface area contributed by atoms with Crippen LogP contribution in [0.1, 0.15) is 19.3 Å². The van der Waals surface area contributed by atoms with Crippen LogP contribution < -0.4 is 15.5 Å². The number of amides is 1. The molecule has 0 spiro atoms. The Bertz CT molecular complexity index is 702. The second-order valence-corrected chi connectivity index (χ2v) is 8.81. The molecule has 3 saturated heterocycles. The largest absolute Gasteiger partial charge is 0.371 e. The first-order chi connectivity index (χ1) is 13.6. The van der Waals surface area contributed by atoms with E-state index in [2.05, 4.69) is 15.5 Å². The Morgan fingerprint density at radius 2 is 1.93 bits per heavy atom. The third-order valence-corrected chi connectivity index (χ3v) is 6.85. The lowest BCUT2D eigenvalue weighted by molar-refractivity contribution is -0.384. The number of nitro groups is 1. The number of anilines is 1. The maximum absolute atomic E-state index is 12.5. The fourth-order valence-corrected chi connectivity index (χ4v) is 5.24. The molecule has 1 aromatic carbocycles. The van der Waals surface area contributed by atoms with E-state index in [1.165, 1.54) is 0 Å². The first kappa shape index (κ1) is 19.5. The molecule has 0 unspecified atom stereocenters. The van der Waals surface area contributed by atoms with Gasteiger partial charge in [0, 0.05) is 61.8 Å². The summed E-state index contributed by atoms with van der Waals surface area (Å²) in [5, 5.41) is 17.9. The fraction of sp³-hybridized carbons (Fsp3) is 0.632. The van der Waals surface area contributed by atoms with Gasteiger partial charge in [0.2, 0.25) is 5.91 Å². The van der Waals surface area contributed by atoms with E-state index in [9.17, 15) is 14.9 Å². The minimum absolute atomic E-state index is 0.0450. The quantitative estimate of drug-likeness (QED) is 0.565. The summed E-state index contributed by atoms with van der Waals surface area (Å²) in [4.78, 5) is 27.2. The van der Waals surface area contributed by atoms with Crippen molar-refractivity contribution in [2.75, 3.05) is 42.7 Å². The Balaban J connectivity index is 1.22. The highest BCUT2D eigenvalue weighted by Gasteiger charge is 2.34. The zero-order chi connectivity index (χ0) is 19.5. The Kier molecular flexibility index (Phi) is 6.03. The number of carbonyl (C=O) groups is 1. The smallest absolute Gasteiger partial charge is 0.269 e. The van der Waals surface area contributed by atoms with Crippen LogP contribution in [0.15, 0.2) is 24.3 Å². The normalized spacial score (nSPS) is 26.0. The second kappa shape index (κ2) is 8.67. The summed E-state index contributed by atoms with van der Waals surface area (Å²) in [7, 11) is 0. The molecule has 2 N–H and O–H groups in total. The molecule has 8 nitrogen and oxygen atoms in total. The van der Waals surface area contributed by atoms with Gasteiger partial charge in [-0.3, -0.25) is 14.9 Å². The highest BCUT2D eigenvalue weighted by Crippen LogP contribution is 2.24. The van der Waals surface area contributed by atoms with Crippen LogP contribution in [0.4, 0.5) is 11.4 Å². The van der Waals surface area contributed by atoms with E-state index in [0.29, 0.717) is 12.1 Å². The number of hydrogen-bond acceptors (Lipinski definition) is 7. The van der Waals surface area contributed by atoms with Crippen LogP contribution in [0.3, 0.4) is 0 Å². The number of nitrogens with one attached hydrogen (secondary N) is 2. The number of hydrogen-bond donors (Lipinski definition) is 2. The first-order valence-corrected chi connectivity index (χ1v) is 11.1. The van der Waals surface area contributed by atoms with Crippen molar-refractivity contribution >= 4 is 29.0 Å². The minimum atomic E-state index is -0.365. The lowest BCUT2D eigenvalue weighted by Crippen LogP contribution is -2.47. The molecule has 2 atom stereocenters. The Morgan fingerprint density at radius 3 is 2.57 bits per heavy atom. The third-order valence-electron chi connectivity index (χ3n) is 5.89. The zero-order valence-corrected chi connectivity index (χ0v) is 16.7. The van der Waals surface area contributed by atoms with Crippen LogP contribution >= 0.6 is 11.8 Å². The first-order valence-electron chi connectivity index (χ1n) is 9.95. The summed E-state index contributed by atoms with van der Waals surface area (Å²) >= 11 is 1.82. The Hall–Kier alpha value is -1.84. The number of benzene rings is 1. The van der Waals surface area contributed by atoms with Crippen LogP contribution in [0.25, 0.3) is 0 Å². The number of nitro benzene ring substituents is 1. The van der Waals surface area contributed by atoms with Crippen LogP contribution in [0, 0.1) is 10.1 Å². The second-order valence-electron chi connectivity index (χ2n) is 7.73. The molecule has 4 rings (SSSR count). The fourth-order valence-electron chi connectivity index (χ4n) is 4.28. The van der Waals surface area contributed by atoms with Crippen molar-refractivity contribution in [3.05, 3.63) is 34.4 Å². The number of thioether (sulfide) groups is 1. The van der Waals surface area contributed by atoms with E-state index in [1.54, 1.807) is 12.1 Å². The van der Waals surface area contributed by atoms with Crippen molar-refractivity contribution in [3.63, 3.8) is 0 Å². The van der Waals surface area contributed by atoms with E-state index in [0.717, 1.165) is 62.8 Å². The predicted molar refractivity (Wildman–Crippen MR) is 111 cm³/mol. The van der Waals surface area contributed by atoms with E-state index in [-0.39, 0.29) is 22.6 Å². The molecule has 152 valence electrons. The molecule has 3 aliphatic heterocycles. The monoisotopic (exact) mass is 405 g/mol. The lowest BCUT2D eigenvalue weighted by atomic mass is 10.0. The van der Waals surface area contributed by atoms with Crippen molar-refractivity contribution in [3.8, 4) is 0 Å². The number of nitrogens with zero attached hydrogens (tertiary/aromatic N) is 3. The Labute approximate surface area is 169 Å². The van der Waals surface area contributed by atoms with E-state index < -0.39 is 0 Å². The van der Waals surface area contributed by atoms with Crippen molar-refractivity contribution in [2.45, 2.75) is 37.4 Å². The van der Waals surface area contributed by atoms with Gasteiger partial charge in [0.15, 0.2) is 0 Å². The van der Waals surface area contributed by atoms with Crippen molar-refractivity contribution in [1.82, 2.24) is 15.5 Å². The molecule has 0 aliphatic carbocycles. The van der Waals surface area contributed by atoms with Crippen LogP contribution in [-0.2, 0) is 4.79 Å². The van der Waals surface area contributed by atoms with E-state index in [4.69, 9.17) is 0 Å². The number of carbonyl (C=O) groups excluding carboxylic acids is 1. The van der Waals surface area contributed by atoms with Gasteiger partial charge in [-0.2, -0.15) is 0 Å². The summed E-state index contributed by atoms with van der Waals surface area (Å²) in [5.41, 5.74) is 1.17. The topological polar surface area (TPSA) is 90.8 Å². The van der Waals surface area contributed by atoms with Gasteiger partial charge in [-0.1, -0.05) is 0 Å². The summed E-state index contributed by atoms with van der Waals surface area (Å²) < 4.78 is 0. The van der Waals surface area contributed by atoms with Crippen molar-refractivity contribution in [1.29, 1.82) is 0 Å². The standard InChI is InChI=1S/C19H27N5O3S/c25-19(23-9-10-28-13-23)18-11-15(12-20-18)21-14-5-7-22(8-6-14)16-1-3-17(4-2-16)24(26)27/h1-4,14-15,18,20-21H,5-13H2/t15-,18-/m0/s1. The van der Waals surface area contributed by atoms with Crippen molar-refractivity contribution < 1.29 is 9.72 Å². The van der Waals surface area contributed by atoms with Gasteiger partial charge in [-0.15, -0.1) is 11.8 Å². The molecule has 3 fully saturated rings. The SMILES string of the molecule is O=C([C@@H]1C[C@H](NC2CCN(c3ccc([N+](=O)[O-])cc3)CC2)CN1)N1CCSC1. The van der Waals surface area contributed by atoms with Crippen LogP contribution in [-0.4, -0.2) is 71.7 Å². The van der Waals surface area contributed by atoms with Gasteiger partial charge in [0.25, 0.3) is 5.69 Å². The number of non-ortho nitro benzene ring substituents is 1. The van der Waals surface area contributed by atoms with E-state index >= 15 is 0 Å². The molecule has 3 heterocycles. The molecular formula is C19H27N5O3S. The van der Waals surface area contributed by atoms with Gasteiger partial charge in [-0.25, -0.2) is 0 Å². The summed E-state index contributed by atoms with van der Waals surface area (Å²) in [6.45, 7) is 3.59. The number of rotatable bonds is 5. The maximum atomic E-state index is 12.5. The Morgan fingerprint density at radius 1 is 1.18 bits per heavy atom. The molecular weight excluding hydrogens is 378 g/mol. The van der Waals surface area contributed by atoms with Gasteiger partial charge in [0.1, 0.15) is 0 Å². The molecule has 3 aliphatic rings. The molecule has 1 aromatic rings. The zero-order valence-electron chi connectivity index (χ0n) is 15.9. The summed E-state index contributed by atoms with van der Waals surface area (Å²) in [5.74, 6) is 2.13. The highest BCUT2D eigenvalue weighted by atomic mass is 32.2. The van der Waals surface area contributed by atoms with Crippen LogP contribution in [0.5, 0.6) is 0 Å². The van der Waals surface area contributed by atoms with Crippen LogP contribution in [0.2, 0.25) is 0 Å². The third kappa shape index (κ3) is 4.42. The minimum Gasteiger partial charge on any atom is -0.371 e. The van der Waals surface area contributed by atoms with Crippen molar-refractivity contribution in [2.24, 2.45) is 0 Å². The van der Waals surface area contributed by atoms with Gasteiger partial charge in [0.05, 0.1) is 16.8 Å². The summed E-state index contributed by atoms with van der Waals surface area (Å²) in [6, 6.07) is 7.56. The van der Waals surface area contributed by atoms with Gasteiger partial charge in [-0.05, 0) is 31.4 Å². The molecule has 0 saturated carbocycles. The highest BCUT2D eigenvalue weighted by molar-refractivity contribution is 7.99. The molecule has 0 radical (unpaired) electrons. The average Bonchev–Trinajstić information content (AvgIpc) is 3.40. The number of piperidine rings is 1. The molecule has 9 heteroatoms. The molecule has 0 bridgehead atoms. The molecule has 0 aromatic heterocycles. The van der Waals surface area contributed by atoms with Gasteiger partial charge < -0.3 is 20.4 Å². The summed E-state index contributed by atoms with van der Waals surface area (Å²) in [6.07, 6.45) is 2.94. The van der Waals surface area contributed by atoms with E-state index in [1.807, 2.05) is 28.8 Å². The molecule has 1 amide bonds. The van der Waals surface area contributed by atoms with Gasteiger partial charge >= 0.3 is 0 Å². The maximum Gasteiger partial charge on any atom is 0.269 e.